The number of fused-ring (bicyclic) bond motifs is 3. The van der Waals surface area contributed by atoms with Crippen molar-refractivity contribution in [3.63, 3.8) is 0 Å². The van der Waals surface area contributed by atoms with Gasteiger partial charge in [-0.2, -0.15) is 0 Å². The molecule has 1 atom stereocenters. The van der Waals surface area contributed by atoms with E-state index in [2.05, 4.69) is 15.6 Å². The van der Waals surface area contributed by atoms with Crippen LogP contribution in [0.15, 0.2) is 48.5 Å². The second-order valence-electron chi connectivity index (χ2n) is 6.01. The predicted molar refractivity (Wildman–Crippen MR) is 98.3 cm³/mol. The molecule has 4 rings (SSSR count). The maximum Gasteiger partial charge on any atom is 0.248 e. The van der Waals surface area contributed by atoms with Crippen molar-refractivity contribution in [3.8, 4) is 5.75 Å². The van der Waals surface area contributed by atoms with Gasteiger partial charge in [0.1, 0.15) is 11.8 Å². The highest BCUT2D eigenvalue weighted by Crippen LogP contribution is 2.31. The molecule has 1 aliphatic heterocycles. The Morgan fingerprint density at radius 1 is 1.27 bits per heavy atom. The van der Waals surface area contributed by atoms with E-state index in [1.165, 1.54) is 0 Å². The molecule has 132 valence electrons. The molecule has 0 aliphatic carbocycles. The van der Waals surface area contributed by atoms with Crippen LogP contribution in [0.25, 0.3) is 11.0 Å². The van der Waals surface area contributed by atoms with E-state index in [4.69, 9.17) is 4.74 Å². The van der Waals surface area contributed by atoms with Crippen LogP contribution in [0.5, 0.6) is 5.75 Å². The molecule has 0 fully saturated rings. The largest absolute Gasteiger partial charge is 0.494 e. The highest BCUT2D eigenvalue weighted by atomic mass is 16.5. The number of hydrogen-bond acceptors (Lipinski definition) is 4. The van der Waals surface area contributed by atoms with Gasteiger partial charge in [0.15, 0.2) is 0 Å². The molecular weight excluding hydrogens is 332 g/mol. The Bertz CT molecular complexity index is 978. The molecule has 2 heterocycles. The minimum Gasteiger partial charge on any atom is -0.494 e. The smallest absolute Gasteiger partial charge is 0.248 e. The normalized spacial score (nSPS) is 16.0. The molecular formula is C19H18N4O3. The average Bonchev–Trinajstić information content (AvgIpc) is 3.01. The zero-order valence-corrected chi connectivity index (χ0v) is 14.2. The third-order valence-electron chi connectivity index (χ3n) is 4.27. The van der Waals surface area contributed by atoms with Crippen LogP contribution in [0.3, 0.4) is 0 Å². The van der Waals surface area contributed by atoms with Crippen molar-refractivity contribution < 1.29 is 14.3 Å². The zero-order chi connectivity index (χ0) is 18.1. The standard InChI is InChI=1S/C19H18N4O3/c1-2-26-13-9-7-12(8-10-13)20-18(25)16-11-17(24)22-19-21-14-5-3-4-6-15(14)23(16)19/h3-10,16H,2,11H2,1H3,(H,20,25)(H,21,22,24)/t16-/m0/s1. The maximum absolute atomic E-state index is 12.9. The average molecular weight is 350 g/mol. The number of benzene rings is 2. The number of ether oxygens (including phenoxy) is 1. The predicted octanol–water partition coefficient (Wildman–Crippen LogP) is 2.96. The van der Waals surface area contributed by atoms with Crippen LogP contribution in [0.2, 0.25) is 0 Å². The van der Waals surface area contributed by atoms with Crippen LogP contribution in [0.1, 0.15) is 19.4 Å². The van der Waals surface area contributed by atoms with Gasteiger partial charge in [-0.3, -0.25) is 19.5 Å². The lowest BCUT2D eigenvalue weighted by atomic mass is 10.1. The molecule has 2 amide bonds. The summed E-state index contributed by atoms with van der Waals surface area (Å²) in [7, 11) is 0. The van der Waals surface area contributed by atoms with E-state index in [0.29, 0.717) is 18.2 Å². The van der Waals surface area contributed by atoms with Crippen molar-refractivity contribution in [1.82, 2.24) is 9.55 Å². The molecule has 0 unspecified atom stereocenters. The van der Waals surface area contributed by atoms with Gasteiger partial charge >= 0.3 is 0 Å². The fourth-order valence-corrected chi connectivity index (χ4v) is 3.13. The highest BCUT2D eigenvalue weighted by Gasteiger charge is 2.32. The molecule has 0 bridgehead atoms. The molecule has 0 saturated heterocycles. The number of imidazole rings is 1. The van der Waals surface area contributed by atoms with Gasteiger partial charge in [-0.25, -0.2) is 4.98 Å². The minimum absolute atomic E-state index is 0.0657. The summed E-state index contributed by atoms with van der Waals surface area (Å²) in [5, 5.41) is 5.61. The third-order valence-corrected chi connectivity index (χ3v) is 4.27. The second-order valence-corrected chi connectivity index (χ2v) is 6.01. The van der Waals surface area contributed by atoms with Gasteiger partial charge in [0, 0.05) is 5.69 Å². The molecule has 26 heavy (non-hydrogen) atoms. The van der Waals surface area contributed by atoms with Crippen molar-refractivity contribution in [2.75, 3.05) is 17.2 Å². The van der Waals surface area contributed by atoms with Gasteiger partial charge in [0.05, 0.1) is 24.1 Å². The van der Waals surface area contributed by atoms with Gasteiger partial charge in [0.25, 0.3) is 0 Å². The molecule has 2 N–H and O–H groups in total. The number of hydrogen-bond donors (Lipinski definition) is 2. The van der Waals surface area contributed by atoms with E-state index in [0.717, 1.165) is 16.8 Å². The Kier molecular flexibility index (Phi) is 4.04. The van der Waals surface area contributed by atoms with E-state index in [1.807, 2.05) is 31.2 Å². The summed E-state index contributed by atoms with van der Waals surface area (Å²) in [4.78, 5) is 29.3. The summed E-state index contributed by atoms with van der Waals surface area (Å²) in [6.45, 7) is 2.50. The van der Waals surface area contributed by atoms with Crippen LogP contribution in [0.4, 0.5) is 11.6 Å². The number of carbonyl (C=O) groups is 2. The van der Waals surface area contributed by atoms with Crippen molar-refractivity contribution in [2.45, 2.75) is 19.4 Å². The molecule has 0 saturated carbocycles. The number of anilines is 2. The number of carbonyl (C=O) groups excluding carboxylic acids is 2. The van der Waals surface area contributed by atoms with E-state index in [9.17, 15) is 9.59 Å². The van der Waals surface area contributed by atoms with Crippen LogP contribution in [-0.2, 0) is 9.59 Å². The molecule has 0 radical (unpaired) electrons. The molecule has 1 aromatic heterocycles. The van der Waals surface area contributed by atoms with Crippen LogP contribution in [0, 0.1) is 0 Å². The monoisotopic (exact) mass is 350 g/mol. The summed E-state index contributed by atoms with van der Waals surface area (Å²) in [6, 6.07) is 14.0. The van der Waals surface area contributed by atoms with E-state index in [1.54, 1.807) is 28.8 Å². The topological polar surface area (TPSA) is 85.2 Å². The van der Waals surface area contributed by atoms with Gasteiger partial charge in [-0.05, 0) is 43.3 Å². The van der Waals surface area contributed by atoms with Crippen molar-refractivity contribution >= 4 is 34.5 Å². The van der Waals surface area contributed by atoms with Crippen molar-refractivity contribution in [2.24, 2.45) is 0 Å². The van der Waals surface area contributed by atoms with Crippen LogP contribution < -0.4 is 15.4 Å². The lowest BCUT2D eigenvalue weighted by Crippen LogP contribution is -2.35. The first kappa shape index (κ1) is 16.1. The number of aromatic nitrogens is 2. The Morgan fingerprint density at radius 2 is 2.04 bits per heavy atom. The van der Waals surface area contributed by atoms with Crippen LogP contribution in [-0.4, -0.2) is 28.0 Å². The first-order valence-corrected chi connectivity index (χ1v) is 8.46. The molecule has 2 aromatic carbocycles. The van der Waals surface area contributed by atoms with Gasteiger partial charge < -0.3 is 10.1 Å². The molecule has 3 aromatic rings. The molecule has 7 nitrogen and oxygen atoms in total. The summed E-state index contributed by atoms with van der Waals surface area (Å²) >= 11 is 0. The zero-order valence-electron chi connectivity index (χ0n) is 14.2. The number of rotatable bonds is 4. The van der Waals surface area contributed by atoms with E-state index >= 15 is 0 Å². The van der Waals surface area contributed by atoms with Crippen LogP contribution >= 0.6 is 0 Å². The van der Waals surface area contributed by atoms with Crippen molar-refractivity contribution in [3.05, 3.63) is 48.5 Å². The lowest BCUT2D eigenvalue weighted by Gasteiger charge is -2.25. The maximum atomic E-state index is 12.9. The second kappa shape index (κ2) is 6.51. The SMILES string of the molecule is CCOc1ccc(NC(=O)[C@@H]2CC(=O)Nc3nc4ccccc4n32)cc1. The summed E-state index contributed by atoms with van der Waals surface area (Å²) in [5.41, 5.74) is 2.20. The highest BCUT2D eigenvalue weighted by molar-refractivity contribution is 6.02. The molecule has 0 spiro atoms. The summed E-state index contributed by atoms with van der Waals surface area (Å²) < 4.78 is 7.18. The van der Waals surface area contributed by atoms with Crippen molar-refractivity contribution in [1.29, 1.82) is 0 Å². The quantitative estimate of drug-likeness (QED) is 0.757. The Labute approximate surface area is 150 Å². The van der Waals surface area contributed by atoms with Gasteiger partial charge in [-0.1, -0.05) is 12.1 Å². The minimum atomic E-state index is -0.655. The van der Waals surface area contributed by atoms with Gasteiger partial charge in [-0.15, -0.1) is 0 Å². The van der Waals surface area contributed by atoms with Gasteiger partial charge in [0.2, 0.25) is 17.8 Å². The number of para-hydroxylation sites is 2. The molecule has 1 aliphatic rings. The summed E-state index contributed by atoms with van der Waals surface area (Å²) in [6.07, 6.45) is 0.0657. The first-order chi connectivity index (χ1) is 12.7. The lowest BCUT2D eigenvalue weighted by molar-refractivity contribution is -0.124. The first-order valence-electron chi connectivity index (χ1n) is 8.46. The van der Waals surface area contributed by atoms with E-state index < -0.39 is 6.04 Å². The Balaban J connectivity index is 1.63. The third kappa shape index (κ3) is 2.88. The van der Waals surface area contributed by atoms with E-state index in [-0.39, 0.29) is 18.2 Å². The Hall–Kier alpha value is -3.35. The number of amides is 2. The fraction of sp³-hybridized carbons (Fsp3) is 0.211. The number of nitrogens with one attached hydrogen (secondary N) is 2. The Morgan fingerprint density at radius 3 is 2.81 bits per heavy atom. The fourth-order valence-electron chi connectivity index (χ4n) is 3.13. The number of nitrogens with zero attached hydrogens (tertiary/aromatic N) is 2. The molecule has 7 heteroatoms. The summed E-state index contributed by atoms with van der Waals surface area (Å²) in [5.74, 6) is 0.660.